The van der Waals surface area contributed by atoms with Crippen LogP contribution in [0.1, 0.15) is 43.4 Å². The quantitative estimate of drug-likeness (QED) is 0.603. The van der Waals surface area contributed by atoms with Gasteiger partial charge >= 0.3 is 0 Å². The number of rotatable bonds is 8. The summed E-state index contributed by atoms with van der Waals surface area (Å²) in [4.78, 5) is 13.2. The van der Waals surface area contributed by atoms with Crippen molar-refractivity contribution in [2.75, 3.05) is 0 Å². The summed E-state index contributed by atoms with van der Waals surface area (Å²) in [6, 6.07) is 17.4. The summed E-state index contributed by atoms with van der Waals surface area (Å²) in [5.74, 6) is -0.296. The molecule has 2 aromatic carbocycles. The average molecular weight is 428 g/mol. The Morgan fingerprint density at radius 2 is 1.74 bits per heavy atom. The molecule has 0 radical (unpaired) electrons. The Morgan fingerprint density at radius 1 is 1.06 bits per heavy atom. The highest BCUT2D eigenvalue weighted by atomic mass is 16.5. The molecule has 0 spiro atoms. The third kappa shape index (κ3) is 5.92. The van der Waals surface area contributed by atoms with Crippen molar-refractivity contribution in [3.8, 4) is 0 Å². The van der Waals surface area contributed by atoms with Crippen LogP contribution in [0.5, 0.6) is 0 Å². The standard InChI is InChI=1S/C25H33NO5/c1-17(2)26-24(29)25(31-16-20-12-8-7-9-18(20)3)13-21(27)23(28)22(14-25)30-15-19-10-5-4-6-11-19/h4-12,17,21-23,27-28H,13-16H2,1-3H3,(H,26,29)/t21-,22+,23-,25+/m1/s1. The second-order valence-electron chi connectivity index (χ2n) is 8.64. The second-order valence-corrected chi connectivity index (χ2v) is 8.64. The molecule has 0 bridgehead atoms. The Labute approximate surface area is 184 Å². The first-order valence-electron chi connectivity index (χ1n) is 10.8. The van der Waals surface area contributed by atoms with Gasteiger partial charge in [0.25, 0.3) is 5.91 Å². The Morgan fingerprint density at radius 3 is 2.42 bits per heavy atom. The van der Waals surface area contributed by atoms with E-state index >= 15 is 0 Å². The average Bonchev–Trinajstić information content (AvgIpc) is 2.74. The molecule has 0 heterocycles. The van der Waals surface area contributed by atoms with Gasteiger partial charge < -0.3 is 25.0 Å². The first-order valence-corrected chi connectivity index (χ1v) is 10.8. The topological polar surface area (TPSA) is 88.0 Å². The highest BCUT2D eigenvalue weighted by Gasteiger charge is 2.51. The van der Waals surface area contributed by atoms with Gasteiger partial charge in [0.2, 0.25) is 0 Å². The predicted molar refractivity (Wildman–Crippen MR) is 118 cm³/mol. The van der Waals surface area contributed by atoms with E-state index in [1.807, 2.05) is 75.4 Å². The maximum absolute atomic E-state index is 13.2. The molecule has 1 aliphatic rings. The van der Waals surface area contributed by atoms with Crippen LogP contribution in [0.25, 0.3) is 0 Å². The van der Waals surface area contributed by atoms with Gasteiger partial charge in [-0.15, -0.1) is 0 Å². The number of aliphatic hydroxyl groups is 2. The number of benzene rings is 2. The SMILES string of the molecule is Cc1ccccc1CO[C@@]1(C(=O)NC(C)C)C[C@@H](O)[C@@H](O)[C@@H](OCc2ccccc2)C1. The molecule has 0 aromatic heterocycles. The number of aryl methyl sites for hydroxylation is 1. The number of carbonyl (C=O) groups is 1. The normalized spacial score (nSPS) is 26.1. The lowest BCUT2D eigenvalue weighted by Crippen LogP contribution is -2.61. The van der Waals surface area contributed by atoms with E-state index in [0.29, 0.717) is 0 Å². The highest BCUT2D eigenvalue weighted by molar-refractivity contribution is 5.85. The zero-order valence-electron chi connectivity index (χ0n) is 18.5. The number of hydrogen-bond donors (Lipinski definition) is 3. The molecule has 1 amide bonds. The molecule has 6 nitrogen and oxygen atoms in total. The summed E-state index contributed by atoms with van der Waals surface area (Å²) >= 11 is 0. The van der Waals surface area contributed by atoms with Gasteiger partial charge in [0.05, 0.1) is 25.4 Å². The molecule has 3 N–H and O–H groups in total. The number of ether oxygens (including phenoxy) is 2. The van der Waals surface area contributed by atoms with Crippen molar-refractivity contribution in [1.82, 2.24) is 5.32 Å². The molecule has 2 aromatic rings. The van der Waals surface area contributed by atoms with Gasteiger partial charge in [0, 0.05) is 18.9 Å². The molecule has 31 heavy (non-hydrogen) atoms. The first-order chi connectivity index (χ1) is 14.8. The predicted octanol–water partition coefficient (Wildman–Crippen LogP) is 2.88. The van der Waals surface area contributed by atoms with Gasteiger partial charge in [-0.25, -0.2) is 0 Å². The van der Waals surface area contributed by atoms with E-state index in [2.05, 4.69) is 5.32 Å². The van der Waals surface area contributed by atoms with Gasteiger partial charge in [-0.3, -0.25) is 4.79 Å². The fraction of sp³-hybridized carbons (Fsp3) is 0.480. The minimum atomic E-state index is -1.30. The van der Waals surface area contributed by atoms with Gasteiger partial charge in [0.15, 0.2) is 5.60 Å². The molecule has 168 valence electrons. The van der Waals surface area contributed by atoms with Crippen LogP contribution in [-0.2, 0) is 27.5 Å². The smallest absolute Gasteiger partial charge is 0.252 e. The monoisotopic (exact) mass is 427 g/mol. The van der Waals surface area contributed by atoms with Crippen molar-refractivity contribution in [2.24, 2.45) is 0 Å². The van der Waals surface area contributed by atoms with Crippen LogP contribution >= 0.6 is 0 Å². The Bertz CT molecular complexity index is 856. The lowest BCUT2D eigenvalue weighted by atomic mass is 9.78. The summed E-state index contributed by atoms with van der Waals surface area (Å²) in [5.41, 5.74) is 1.69. The molecule has 3 rings (SSSR count). The van der Waals surface area contributed by atoms with E-state index in [4.69, 9.17) is 9.47 Å². The second kappa shape index (κ2) is 10.4. The Kier molecular flexibility index (Phi) is 7.84. The number of aliphatic hydroxyl groups excluding tert-OH is 2. The highest BCUT2D eigenvalue weighted by Crippen LogP contribution is 2.36. The van der Waals surface area contributed by atoms with Crippen molar-refractivity contribution >= 4 is 5.91 Å². The van der Waals surface area contributed by atoms with Gasteiger partial charge in [-0.1, -0.05) is 54.6 Å². The van der Waals surface area contributed by atoms with Gasteiger partial charge in [-0.2, -0.15) is 0 Å². The van der Waals surface area contributed by atoms with Crippen LogP contribution in [0.3, 0.4) is 0 Å². The molecule has 1 aliphatic carbocycles. The Hall–Kier alpha value is -2.25. The minimum absolute atomic E-state index is 0.00377. The summed E-state index contributed by atoms with van der Waals surface area (Å²) < 4.78 is 12.2. The van der Waals surface area contributed by atoms with E-state index in [1.54, 1.807) is 0 Å². The van der Waals surface area contributed by atoms with E-state index < -0.39 is 23.9 Å². The third-order valence-electron chi connectivity index (χ3n) is 5.75. The number of hydrogen-bond acceptors (Lipinski definition) is 5. The molecule has 0 aliphatic heterocycles. The number of nitrogens with one attached hydrogen (secondary N) is 1. The first kappa shape index (κ1) is 23.4. The van der Waals surface area contributed by atoms with Crippen molar-refractivity contribution in [1.29, 1.82) is 0 Å². The van der Waals surface area contributed by atoms with Crippen LogP contribution in [0, 0.1) is 6.92 Å². The van der Waals surface area contributed by atoms with Gasteiger partial charge in [-0.05, 0) is 37.5 Å². The van der Waals surface area contributed by atoms with Crippen LogP contribution in [0.4, 0.5) is 0 Å². The molecule has 0 saturated heterocycles. The van der Waals surface area contributed by atoms with E-state index in [1.165, 1.54) is 0 Å². The van der Waals surface area contributed by atoms with E-state index in [9.17, 15) is 15.0 Å². The van der Waals surface area contributed by atoms with Crippen molar-refractivity contribution in [3.05, 3.63) is 71.3 Å². The van der Waals surface area contributed by atoms with Crippen LogP contribution in [0.15, 0.2) is 54.6 Å². The minimum Gasteiger partial charge on any atom is -0.390 e. The largest absolute Gasteiger partial charge is 0.390 e. The molecule has 1 saturated carbocycles. The van der Waals surface area contributed by atoms with Crippen LogP contribution in [0.2, 0.25) is 0 Å². The summed E-state index contributed by atoms with van der Waals surface area (Å²) in [5, 5.41) is 24.1. The lowest BCUT2D eigenvalue weighted by molar-refractivity contribution is -0.200. The zero-order chi connectivity index (χ0) is 22.4. The molecule has 1 fully saturated rings. The molecular weight excluding hydrogens is 394 g/mol. The molecular formula is C25H33NO5. The summed E-state index contributed by atoms with van der Waals surface area (Å²) in [6.45, 7) is 6.25. The zero-order valence-corrected chi connectivity index (χ0v) is 18.5. The molecule has 6 heteroatoms. The fourth-order valence-corrected chi connectivity index (χ4v) is 3.92. The number of carbonyl (C=O) groups excluding carboxylic acids is 1. The third-order valence-corrected chi connectivity index (χ3v) is 5.75. The molecule has 4 atom stereocenters. The van der Waals surface area contributed by atoms with Crippen molar-refractivity contribution in [2.45, 2.75) is 76.8 Å². The van der Waals surface area contributed by atoms with E-state index in [-0.39, 0.29) is 38.0 Å². The van der Waals surface area contributed by atoms with Crippen LogP contribution < -0.4 is 5.32 Å². The fourth-order valence-electron chi connectivity index (χ4n) is 3.92. The lowest BCUT2D eigenvalue weighted by Gasteiger charge is -2.44. The van der Waals surface area contributed by atoms with Gasteiger partial charge in [0.1, 0.15) is 6.10 Å². The molecule has 0 unspecified atom stereocenters. The van der Waals surface area contributed by atoms with Crippen molar-refractivity contribution in [3.63, 3.8) is 0 Å². The summed E-state index contributed by atoms with van der Waals surface area (Å²) in [6.07, 6.45) is -2.81. The Balaban J connectivity index is 1.81. The number of amides is 1. The van der Waals surface area contributed by atoms with E-state index in [0.717, 1.165) is 16.7 Å². The van der Waals surface area contributed by atoms with Crippen LogP contribution in [-0.4, -0.2) is 46.1 Å². The summed E-state index contributed by atoms with van der Waals surface area (Å²) in [7, 11) is 0. The van der Waals surface area contributed by atoms with Crippen molar-refractivity contribution < 1.29 is 24.5 Å². The maximum Gasteiger partial charge on any atom is 0.252 e. The maximum atomic E-state index is 13.2.